The highest BCUT2D eigenvalue weighted by Crippen LogP contribution is 2.40. The molecule has 4 heteroatoms. The molecule has 0 aliphatic carbocycles. The summed E-state index contributed by atoms with van der Waals surface area (Å²) in [6.07, 6.45) is -3.34. The van der Waals surface area contributed by atoms with Crippen LogP contribution >= 0.6 is 0 Å². The molecule has 0 saturated carbocycles. The van der Waals surface area contributed by atoms with Crippen LogP contribution in [-0.4, -0.2) is 18.4 Å². The van der Waals surface area contributed by atoms with Gasteiger partial charge >= 0.3 is 6.11 Å². The molecule has 0 radical (unpaired) electrons. The first-order valence-electron chi connectivity index (χ1n) is 4.50. The summed E-state index contributed by atoms with van der Waals surface area (Å²) in [7, 11) is 0. The van der Waals surface area contributed by atoms with Gasteiger partial charge in [0.1, 0.15) is 0 Å². The summed E-state index contributed by atoms with van der Waals surface area (Å²) in [6, 6.07) is 0. The Kier molecular flexibility index (Phi) is 4.23. The minimum atomic E-state index is -3.70. The Hall–Kier alpha value is -0.250. The number of ether oxygens (including phenoxy) is 1. The minimum Gasteiger partial charge on any atom is -0.318 e. The van der Waals surface area contributed by atoms with E-state index in [1.807, 2.05) is 0 Å². The summed E-state index contributed by atoms with van der Waals surface area (Å²) >= 11 is 0. The van der Waals surface area contributed by atoms with E-state index in [0.717, 1.165) is 6.92 Å². The van der Waals surface area contributed by atoms with E-state index in [-0.39, 0.29) is 6.61 Å². The summed E-state index contributed by atoms with van der Waals surface area (Å²) < 4.78 is 43.8. The van der Waals surface area contributed by atoms with Crippen LogP contribution < -0.4 is 0 Å². The lowest BCUT2D eigenvalue weighted by molar-refractivity contribution is -0.314. The Morgan fingerprint density at radius 2 is 1.69 bits per heavy atom. The van der Waals surface area contributed by atoms with E-state index in [9.17, 15) is 13.2 Å². The third-order valence-corrected chi connectivity index (χ3v) is 2.43. The van der Waals surface area contributed by atoms with Crippen molar-refractivity contribution in [1.29, 1.82) is 0 Å². The normalized spacial score (nSPS) is 19.6. The lowest BCUT2D eigenvalue weighted by Crippen LogP contribution is -2.48. The first-order valence-corrected chi connectivity index (χ1v) is 4.50. The van der Waals surface area contributed by atoms with Crippen molar-refractivity contribution in [2.75, 3.05) is 6.61 Å². The van der Waals surface area contributed by atoms with Crippen molar-refractivity contribution >= 4 is 0 Å². The van der Waals surface area contributed by atoms with Crippen molar-refractivity contribution < 1.29 is 17.9 Å². The zero-order chi connectivity index (χ0) is 10.7. The van der Waals surface area contributed by atoms with Crippen molar-refractivity contribution in [3.8, 4) is 0 Å². The molecule has 0 bridgehead atoms. The molecule has 0 spiro atoms. The third kappa shape index (κ3) is 2.59. The van der Waals surface area contributed by atoms with Crippen LogP contribution in [0, 0.1) is 5.92 Å². The summed E-state index contributed by atoms with van der Waals surface area (Å²) in [4.78, 5) is 0. The molecule has 0 rings (SSSR count). The van der Waals surface area contributed by atoms with Crippen LogP contribution in [0.4, 0.5) is 13.2 Å². The Morgan fingerprint density at radius 1 is 1.23 bits per heavy atom. The molecule has 0 amide bonds. The highest BCUT2D eigenvalue weighted by Gasteiger charge is 2.55. The Morgan fingerprint density at radius 3 is 2.00 bits per heavy atom. The van der Waals surface area contributed by atoms with Crippen LogP contribution in [0.15, 0.2) is 0 Å². The molecule has 0 heterocycles. The van der Waals surface area contributed by atoms with Gasteiger partial charge < -0.3 is 4.74 Å². The first-order chi connectivity index (χ1) is 5.79. The van der Waals surface area contributed by atoms with Crippen molar-refractivity contribution in [3.05, 3.63) is 0 Å². The largest absolute Gasteiger partial charge is 0.389 e. The molecule has 0 saturated heterocycles. The molecule has 0 aromatic rings. The van der Waals surface area contributed by atoms with Crippen LogP contribution in [0.2, 0.25) is 0 Å². The van der Waals surface area contributed by atoms with Crippen molar-refractivity contribution in [1.82, 2.24) is 0 Å². The number of hydrogen-bond acceptors (Lipinski definition) is 1. The fourth-order valence-corrected chi connectivity index (χ4v) is 0.993. The van der Waals surface area contributed by atoms with Gasteiger partial charge in [-0.1, -0.05) is 20.3 Å². The molecule has 13 heavy (non-hydrogen) atoms. The van der Waals surface area contributed by atoms with Crippen LogP contribution in [0.25, 0.3) is 0 Å². The van der Waals surface area contributed by atoms with E-state index in [4.69, 9.17) is 0 Å². The number of alkyl halides is 3. The first kappa shape index (κ1) is 12.8. The smallest absolute Gasteiger partial charge is 0.318 e. The van der Waals surface area contributed by atoms with E-state index in [2.05, 4.69) is 4.74 Å². The van der Waals surface area contributed by atoms with Gasteiger partial charge in [-0.05, 0) is 19.8 Å². The van der Waals surface area contributed by atoms with Crippen LogP contribution in [-0.2, 0) is 4.74 Å². The maximum Gasteiger partial charge on any atom is 0.389 e. The van der Waals surface area contributed by atoms with Gasteiger partial charge in [0.05, 0.1) is 6.61 Å². The van der Waals surface area contributed by atoms with E-state index in [0.29, 0.717) is 6.42 Å². The lowest BCUT2D eigenvalue weighted by atomic mass is 9.89. The average Bonchev–Trinajstić information content (AvgIpc) is 2.02. The number of hydrogen-bond donors (Lipinski definition) is 0. The molecule has 0 aromatic heterocycles. The molecule has 1 nitrogen and oxygen atoms in total. The third-order valence-electron chi connectivity index (χ3n) is 2.43. The van der Waals surface area contributed by atoms with E-state index in [1.165, 1.54) is 13.8 Å². The summed E-state index contributed by atoms with van der Waals surface area (Å²) in [5, 5.41) is 0. The second-order valence-electron chi connectivity index (χ2n) is 3.33. The van der Waals surface area contributed by atoms with E-state index >= 15 is 0 Å². The second kappa shape index (κ2) is 4.31. The fraction of sp³-hybridized carbons (Fsp3) is 1.00. The Balaban J connectivity index is 4.58. The zero-order valence-electron chi connectivity index (χ0n) is 8.53. The topological polar surface area (TPSA) is 9.23 Å². The molecule has 0 aliphatic rings. The van der Waals surface area contributed by atoms with Gasteiger partial charge in [-0.15, -0.1) is 0 Å². The van der Waals surface area contributed by atoms with Gasteiger partial charge in [-0.3, -0.25) is 0 Å². The molecular formula is C9H17F3O. The zero-order valence-corrected chi connectivity index (χ0v) is 8.53. The van der Waals surface area contributed by atoms with E-state index < -0.39 is 17.7 Å². The van der Waals surface area contributed by atoms with Gasteiger partial charge in [-0.25, -0.2) is 4.39 Å². The maximum absolute atomic E-state index is 13.6. The van der Waals surface area contributed by atoms with Crippen molar-refractivity contribution in [3.63, 3.8) is 0 Å². The Labute approximate surface area is 77.3 Å². The summed E-state index contributed by atoms with van der Waals surface area (Å²) in [6.45, 7) is 5.23. The van der Waals surface area contributed by atoms with Crippen LogP contribution in [0.1, 0.15) is 34.1 Å². The predicted octanol–water partition coefficient (Wildman–Crippen LogP) is 3.39. The lowest BCUT2D eigenvalue weighted by Gasteiger charge is -2.33. The maximum atomic E-state index is 13.6. The number of rotatable bonds is 5. The minimum absolute atomic E-state index is 0.192. The molecule has 2 unspecified atom stereocenters. The Bertz CT molecular complexity index is 157. The molecule has 80 valence electrons. The molecular weight excluding hydrogens is 181 g/mol. The monoisotopic (exact) mass is 198 g/mol. The quantitative estimate of drug-likeness (QED) is 0.658. The van der Waals surface area contributed by atoms with Crippen LogP contribution in [0.5, 0.6) is 0 Å². The van der Waals surface area contributed by atoms with Gasteiger partial charge in [0.15, 0.2) is 0 Å². The highest BCUT2D eigenvalue weighted by atomic mass is 19.3. The van der Waals surface area contributed by atoms with Gasteiger partial charge in [-0.2, -0.15) is 8.78 Å². The summed E-state index contributed by atoms with van der Waals surface area (Å²) in [5.41, 5.74) is -2.60. The average molecular weight is 198 g/mol. The SMILES string of the molecule is CCOC(F)(F)C(C)(F)C(C)CC. The van der Waals surface area contributed by atoms with Crippen molar-refractivity contribution in [2.24, 2.45) is 5.92 Å². The fourth-order valence-electron chi connectivity index (χ4n) is 0.993. The van der Waals surface area contributed by atoms with Gasteiger partial charge in [0.25, 0.3) is 0 Å². The van der Waals surface area contributed by atoms with Gasteiger partial charge in [0, 0.05) is 0 Å². The molecule has 0 aromatic carbocycles. The van der Waals surface area contributed by atoms with Crippen molar-refractivity contribution in [2.45, 2.75) is 45.9 Å². The van der Waals surface area contributed by atoms with E-state index in [1.54, 1.807) is 6.92 Å². The number of halogens is 3. The standard InChI is InChI=1S/C9H17F3O/c1-5-7(3)8(4,10)9(11,12)13-6-2/h7H,5-6H2,1-4H3. The molecule has 0 N–H and O–H groups in total. The molecule has 0 aliphatic heterocycles. The molecule has 2 atom stereocenters. The van der Waals surface area contributed by atoms with Crippen LogP contribution in [0.3, 0.4) is 0 Å². The summed E-state index contributed by atoms with van der Waals surface area (Å²) in [5.74, 6) is -0.728. The predicted molar refractivity (Wildman–Crippen MR) is 45.5 cm³/mol. The highest BCUT2D eigenvalue weighted by molar-refractivity contribution is 4.87. The second-order valence-corrected chi connectivity index (χ2v) is 3.33. The molecule has 0 fully saturated rings. The van der Waals surface area contributed by atoms with Gasteiger partial charge in [0.2, 0.25) is 5.67 Å².